The fourth-order valence-corrected chi connectivity index (χ4v) is 3.14. The number of anilines is 1. The number of benzene rings is 2. The molecule has 0 aromatic heterocycles. The molecule has 1 saturated heterocycles. The molecule has 0 spiro atoms. The minimum absolute atomic E-state index is 0.0163. The Kier molecular flexibility index (Phi) is 5.89. The lowest BCUT2D eigenvalue weighted by molar-refractivity contribution is -0.126. The molecule has 0 radical (unpaired) electrons. The lowest BCUT2D eigenvalue weighted by Crippen LogP contribution is -2.34. The third-order valence-electron chi connectivity index (χ3n) is 4.51. The first-order chi connectivity index (χ1) is 12.7. The molecule has 2 aromatic rings. The normalized spacial score (nSPS) is 16.6. The van der Waals surface area contributed by atoms with Crippen molar-refractivity contribution in [3.63, 3.8) is 0 Å². The van der Waals surface area contributed by atoms with E-state index < -0.39 is 0 Å². The van der Waals surface area contributed by atoms with Gasteiger partial charge in [-0.1, -0.05) is 30.3 Å². The summed E-state index contributed by atoms with van der Waals surface area (Å²) in [5.41, 5.74) is 1.99. The van der Waals surface area contributed by atoms with E-state index in [4.69, 9.17) is 4.74 Å². The first kappa shape index (κ1) is 18.0. The lowest BCUT2D eigenvalue weighted by atomic mass is 10.1. The number of ether oxygens (including phenoxy) is 1. The van der Waals surface area contributed by atoms with Crippen LogP contribution in [0.15, 0.2) is 54.6 Å². The van der Waals surface area contributed by atoms with Crippen LogP contribution in [0.5, 0.6) is 5.75 Å². The average Bonchev–Trinajstić information content (AvgIpc) is 3.05. The quantitative estimate of drug-likeness (QED) is 0.834. The van der Waals surface area contributed by atoms with Gasteiger partial charge >= 0.3 is 0 Å². The summed E-state index contributed by atoms with van der Waals surface area (Å²) in [4.78, 5) is 26.4. The summed E-state index contributed by atoms with van der Waals surface area (Å²) in [6.45, 7) is 3.53. The summed E-state index contributed by atoms with van der Waals surface area (Å²) < 4.78 is 5.42. The fourth-order valence-electron chi connectivity index (χ4n) is 3.14. The van der Waals surface area contributed by atoms with Gasteiger partial charge in [-0.05, 0) is 43.2 Å². The molecule has 0 bridgehead atoms. The van der Waals surface area contributed by atoms with Gasteiger partial charge in [0.1, 0.15) is 5.75 Å². The highest BCUT2D eigenvalue weighted by molar-refractivity contribution is 6.00. The summed E-state index contributed by atoms with van der Waals surface area (Å²) in [6.07, 6.45) is 1.04. The molecule has 1 fully saturated rings. The van der Waals surface area contributed by atoms with E-state index in [0.717, 1.165) is 17.9 Å². The molecule has 0 unspecified atom stereocenters. The van der Waals surface area contributed by atoms with Gasteiger partial charge in [0.05, 0.1) is 12.5 Å². The number of hydrogen-bond donors (Lipinski definition) is 1. The topological polar surface area (TPSA) is 58.6 Å². The molecule has 1 atom stereocenters. The van der Waals surface area contributed by atoms with Crippen LogP contribution in [0, 0.1) is 5.92 Å². The predicted molar refractivity (Wildman–Crippen MR) is 101 cm³/mol. The van der Waals surface area contributed by atoms with Crippen molar-refractivity contribution in [1.29, 1.82) is 0 Å². The number of amides is 2. The van der Waals surface area contributed by atoms with E-state index >= 15 is 0 Å². The maximum atomic E-state index is 12.4. The Bertz CT molecular complexity index is 744. The van der Waals surface area contributed by atoms with Gasteiger partial charge in [-0.3, -0.25) is 9.59 Å². The first-order valence-electron chi connectivity index (χ1n) is 9.02. The minimum atomic E-state index is -0.301. The van der Waals surface area contributed by atoms with Gasteiger partial charge < -0.3 is 15.0 Å². The van der Waals surface area contributed by atoms with E-state index in [9.17, 15) is 9.59 Å². The van der Waals surface area contributed by atoms with Crippen LogP contribution in [0.2, 0.25) is 0 Å². The molecule has 2 amide bonds. The molecule has 26 heavy (non-hydrogen) atoms. The molecule has 1 aliphatic rings. The second-order valence-corrected chi connectivity index (χ2v) is 6.36. The summed E-state index contributed by atoms with van der Waals surface area (Å²) in [6, 6.07) is 17.4. The fraction of sp³-hybridized carbons (Fsp3) is 0.333. The van der Waals surface area contributed by atoms with Crippen LogP contribution in [0.25, 0.3) is 0 Å². The molecule has 5 heteroatoms. The zero-order valence-electron chi connectivity index (χ0n) is 15.0. The predicted octanol–water partition coefficient (Wildman–Crippen LogP) is 2.80. The van der Waals surface area contributed by atoms with Crippen molar-refractivity contribution in [2.75, 3.05) is 24.6 Å². The Balaban J connectivity index is 1.52. The van der Waals surface area contributed by atoms with Crippen molar-refractivity contribution >= 4 is 17.5 Å². The molecule has 1 heterocycles. The molecule has 136 valence electrons. The molecule has 3 rings (SSSR count). The molecule has 1 aliphatic heterocycles. The number of rotatable bonds is 7. The van der Waals surface area contributed by atoms with E-state index in [2.05, 4.69) is 5.32 Å². The van der Waals surface area contributed by atoms with Gasteiger partial charge in [-0.25, -0.2) is 0 Å². The van der Waals surface area contributed by atoms with E-state index in [0.29, 0.717) is 19.7 Å². The smallest absolute Gasteiger partial charge is 0.227 e. The van der Waals surface area contributed by atoms with Gasteiger partial charge in [-0.15, -0.1) is 0 Å². The number of carbonyl (C=O) groups excluding carboxylic acids is 2. The summed E-state index contributed by atoms with van der Waals surface area (Å²) in [5.74, 6) is 0.406. The maximum absolute atomic E-state index is 12.4. The van der Waals surface area contributed by atoms with Crippen molar-refractivity contribution in [2.45, 2.75) is 19.8 Å². The van der Waals surface area contributed by atoms with E-state index in [1.54, 1.807) is 4.90 Å². The highest BCUT2D eigenvalue weighted by Gasteiger charge is 2.34. The van der Waals surface area contributed by atoms with Crippen LogP contribution >= 0.6 is 0 Å². The first-order valence-corrected chi connectivity index (χ1v) is 9.02. The van der Waals surface area contributed by atoms with Crippen molar-refractivity contribution in [1.82, 2.24) is 5.32 Å². The number of nitrogens with one attached hydrogen (secondary N) is 1. The van der Waals surface area contributed by atoms with Crippen molar-refractivity contribution in [2.24, 2.45) is 5.92 Å². The Morgan fingerprint density at radius 3 is 2.58 bits per heavy atom. The van der Waals surface area contributed by atoms with Gasteiger partial charge in [0, 0.05) is 25.2 Å². The third-order valence-corrected chi connectivity index (χ3v) is 4.51. The average molecular weight is 352 g/mol. The van der Waals surface area contributed by atoms with Gasteiger partial charge in [-0.2, -0.15) is 0 Å². The molecule has 5 nitrogen and oxygen atoms in total. The Hall–Kier alpha value is -2.82. The van der Waals surface area contributed by atoms with Crippen LogP contribution in [-0.4, -0.2) is 31.5 Å². The Morgan fingerprint density at radius 1 is 1.15 bits per heavy atom. The second-order valence-electron chi connectivity index (χ2n) is 6.36. The highest BCUT2D eigenvalue weighted by Crippen LogP contribution is 2.27. The lowest BCUT2D eigenvalue weighted by Gasteiger charge is -2.17. The summed E-state index contributed by atoms with van der Waals surface area (Å²) >= 11 is 0. The number of hydrogen-bond acceptors (Lipinski definition) is 3. The van der Waals surface area contributed by atoms with Crippen molar-refractivity contribution in [3.8, 4) is 5.75 Å². The highest BCUT2D eigenvalue weighted by atomic mass is 16.5. The Labute approximate surface area is 154 Å². The van der Waals surface area contributed by atoms with Gasteiger partial charge in [0.25, 0.3) is 0 Å². The van der Waals surface area contributed by atoms with Crippen LogP contribution < -0.4 is 15.0 Å². The molecular weight excluding hydrogens is 328 g/mol. The van der Waals surface area contributed by atoms with Crippen LogP contribution in [0.3, 0.4) is 0 Å². The largest absolute Gasteiger partial charge is 0.494 e. The minimum Gasteiger partial charge on any atom is -0.494 e. The monoisotopic (exact) mass is 352 g/mol. The zero-order valence-corrected chi connectivity index (χ0v) is 15.0. The van der Waals surface area contributed by atoms with Crippen molar-refractivity contribution in [3.05, 3.63) is 60.2 Å². The number of nitrogens with zero attached hydrogens (tertiary/aromatic N) is 1. The third kappa shape index (κ3) is 4.42. The summed E-state index contributed by atoms with van der Waals surface area (Å²) in [5, 5.41) is 2.95. The maximum Gasteiger partial charge on any atom is 0.227 e. The molecular formula is C21H24N2O3. The molecule has 1 N–H and O–H groups in total. The van der Waals surface area contributed by atoms with Crippen LogP contribution in [-0.2, 0) is 16.0 Å². The van der Waals surface area contributed by atoms with Crippen molar-refractivity contribution < 1.29 is 14.3 Å². The van der Waals surface area contributed by atoms with Crippen LogP contribution in [0.1, 0.15) is 18.9 Å². The van der Waals surface area contributed by atoms with Gasteiger partial charge in [0.15, 0.2) is 0 Å². The standard InChI is InChI=1S/C21H24N2O3/c1-2-26-19-10-8-18(9-11-19)23-15-17(14-20(23)24)21(25)22-13-12-16-6-4-3-5-7-16/h3-11,17H,2,12-15H2,1H3,(H,22,25)/t17-/m0/s1. The van der Waals surface area contributed by atoms with E-state index in [-0.39, 0.29) is 24.2 Å². The molecule has 2 aromatic carbocycles. The SMILES string of the molecule is CCOc1ccc(N2C[C@@H](C(=O)NCCc3ccccc3)CC2=O)cc1. The second kappa shape index (κ2) is 8.52. The number of carbonyl (C=O) groups is 2. The molecule has 0 aliphatic carbocycles. The van der Waals surface area contributed by atoms with E-state index in [1.807, 2.05) is 61.5 Å². The van der Waals surface area contributed by atoms with Gasteiger partial charge in [0.2, 0.25) is 11.8 Å². The van der Waals surface area contributed by atoms with E-state index in [1.165, 1.54) is 5.56 Å². The zero-order chi connectivity index (χ0) is 18.4. The molecule has 0 saturated carbocycles. The Morgan fingerprint density at radius 2 is 1.88 bits per heavy atom. The summed E-state index contributed by atoms with van der Waals surface area (Å²) in [7, 11) is 0. The van der Waals surface area contributed by atoms with Crippen LogP contribution in [0.4, 0.5) is 5.69 Å².